The van der Waals surface area contributed by atoms with Gasteiger partial charge in [-0.3, -0.25) is 9.89 Å². The van der Waals surface area contributed by atoms with Crippen LogP contribution < -0.4 is 10.6 Å². The molecule has 6 nitrogen and oxygen atoms in total. The number of aromatic amines is 1. The van der Waals surface area contributed by atoms with Crippen molar-refractivity contribution in [2.75, 3.05) is 11.9 Å². The summed E-state index contributed by atoms with van der Waals surface area (Å²) >= 11 is 5.96. The summed E-state index contributed by atoms with van der Waals surface area (Å²) in [4.78, 5) is 16.3. The van der Waals surface area contributed by atoms with Crippen molar-refractivity contribution < 1.29 is 4.79 Å². The van der Waals surface area contributed by atoms with Gasteiger partial charge in [-0.05, 0) is 32.0 Å². The molecular weight excluding hydrogens is 278 g/mol. The number of H-pyrrole nitrogens is 1. The van der Waals surface area contributed by atoms with Gasteiger partial charge in [-0.2, -0.15) is 5.10 Å². The van der Waals surface area contributed by atoms with Crippen LogP contribution in [0.2, 0.25) is 5.02 Å². The molecule has 1 atom stereocenters. The molecule has 2 aromatic rings. The molecule has 1 amide bonds. The maximum atomic E-state index is 12.3. The molecule has 1 unspecified atom stereocenters. The highest BCUT2D eigenvalue weighted by Crippen LogP contribution is 2.21. The highest BCUT2D eigenvalue weighted by atomic mass is 35.5. The Hall–Kier alpha value is -2.08. The lowest BCUT2D eigenvalue weighted by Gasteiger charge is -2.14. The van der Waals surface area contributed by atoms with Crippen LogP contribution in [0.4, 0.5) is 5.69 Å². The van der Waals surface area contributed by atoms with Crippen LogP contribution in [0.5, 0.6) is 0 Å². The van der Waals surface area contributed by atoms with Crippen LogP contribution in [0, 0.1) is 0 Å². The van der Waals surface area contributed by atoms with E-state index in [9.17, 15) is 4.79 Å². The number of anilines is 1. The predicted octanol–water partition coefficient (Wildman–Crippen LogP) is 2.38. The van der Waals surface area contributed by atoms with Crippen molar-refractivity contribution in [3.63, 3.8) is 0 Å². The number of amides is 1. The van der Waals surface area contributed by atoms with Crippen LogP contribution in [0.1, 0.15) is 36.1 Å². The maximum absolute atomic E-state index is 12.3. The Kier molecular flexibility index (Phi) is 4.57. The molecular formula is C13H16ClN5O. The van der Waals surface area contributed by atoms with Crippen LogP contribution in [-0.4, -0.2) is 27.6 Å². The van der Waals surface area contributed by atoms with Gasteiger partial charge in [0, 0.05) is 17.3 Å². The molecule has 0 saturated heterocycles. The molecule has 1 aromatic carbocycles. The molecule has 0 aliphatic rings. The van der Waals surface area contributed by atoms with Crippen LogP contribution in [0.15, 0.2) is 24.5 Å². The third kappa shape index (κ3) is 3.27. The summed E-state index contributed by atoms with van der Waals surface area (Å²) < 4.78 is 0. The van der Waals surface area contributed by atoms with Crippen molar-refractivity contribution >= 4 is 23.2 Å². The standard InChI is InChI=1S/C13H16ClN5O/c1-3-15-11-5-4-9(14)6-10(11)13(20)18-8(2)12-16-7-17-19-12/h4-8,15H,3H2,1-2H3,(H,18,20)(H,16,17,19). The highest BCUT2D eigenvalue weighted by Gasteiger charge is 2.16. The van der Waals surface area contributed by atoms with Crippen molar-refractivity contribution in [3.8, 4) is 0 Å². The van der Waals surface area contributed by atoms with Gasteiger partial charge in [0.05, 0.1) is 11.6 Å². The first-order valence-corrected chi connectivity index (χ1v) is 6.69. The minimum atomic E-state index is -0.265. The topological polar surface area (TPSA) is 82.7 Å². The third-order valence-corrected chi connectivity index (χ3v) is 3.02. The van der Waals surface area contributed by atoms with Crippen molar-refractivity contribution in [2.24, 2.45) is 0 Å². The summed E-state index contributed by atoms with van der Waals surface area (Å²) in [7, 11) is 0. The van der Waals surface area contributed by atoms with Gasteiger partial charge in [0.2, 0.25) is 0 Å². The zero-order valence-corrected chi connectivity index (χ0v) is 12.0. The zero-order valence-electron chi connectivity index (χ0n) is 11.3. The average Bonchev–Trinajstić information content (AvgIpc) is 2.95. The normalized spacial score (nSPS) is 11.9. The summed E-state index contributed by atoms with van der Waals surface area (Å²) in [5.74, 6) is 0.387. The zero-order chi connectivity index (χ0) is 14.5. The predicted molar refractivity (Wildman–Crippen MR) is 77.9 cm³/mol. The average molecular weight is 294 g/mol. The van der Waals surface area contributed by atoms with Gasteiger partial charge < -0.3 is 10.6 Å². The summed E-state index contributed by atoms with van der Waals surface area (Å²) in [5, 5.41) is 13.0. The molecule has 0 bridgehead atoms. The fourth-order valence-corrected chi connectivity index (χ4v) is 1.99. The lowest BCUT2D eigenvalue weighted by atomic mass is 10.1. The molecule has 0 aliphatic heterocycles. The molecule has 1 heterocycles. The van der Waals surface area contributed by atoms with E-state index in [1.165, 1.54) is 6.33 Å². The molecule has 3 N–H and O–H groups in total. The Balaban J connectivity index is 2.18. The SMILES string of the molecule is CCNc1ccc(Cl)cc1C(=O)NC(C)c1ncn[nH]1. The van der Waals surface area contributed by atoms with Crippen molar-refractivity contribution in [1.82, 2.24) is 20.5 Å². The summed E-state index contributed by atoms with van der Waals surface area (Å²) in [6, 6.07) is 4.91. The number of nitrogens with one attached hydrogen (secondary N) is 3. The first-order valence-electron chi connectivity index (χ1n) is 6.31. The summed E-state index contributed by atoms with van der Waals surface area (Å²) in [6.45, 7) is 4.52. The molecule has 0 spiro atoms. The number of rotatable bonds is 5. The highest BCUT2D eigenvalue weighted by molar-refractivity contribution is 6.31. The lowest BCUT2D eigenvalue weighted by Crippen LogP contribution is -2.28. The minimum Gasteiger partial charge on any atom is -0.385 e. The monoisotopic (exact) mass is 293 g/mol. The van der Waals surface area contributed by atoms with E-state index in [1.54, 1.807) is 18.2 Å². The van der Waals surface area contributed by atoms with Gasteiger partial charge >= 0.3 is 0 Å². The maximum Gasteiger partial charge on any atom is 0.254 e. The molecule has 7 heteroatoms. The van der Waals surface area contributed by atoms with Crippen molar-refractivity contribution in [2.45, 2.75) is 19.9 Å². The van der Waals surface area contributed by atoms with Gasteiger partial charge in [-0.25, -0.2) is 4.98 Å². The second-order valence-electron chi connectivity index (χ2n) is 4.29. The Bertz CT molecular complexity index is 584. The number of carbonyl (C=O) groups excluding carboxylic acids is 1. The van der Waals surface area contributed by atoms with Crippen molar-refractivity contribution in [1.29, 1.82) is 0 Å². The Morgan fingerprint density at radius 1 is 1.50 bits per heavy atom. The van der Waals surface area contributed by atoms with E-state index in [1.807, 2.05) is 13.8 Å². The first-order chi connectivity index (χ1) is 9.61. The second kappa shape index (κ2) is 6.38. The molecule has 2 rings (SSSR count). The Morgan fingerprint density at radius 3 is 2.95 bits per heavy atom. The van der Waals surface area contributed by atoms with Gasteiger partial charge in [-0.1, -0.05) is 11.6 Å². The van der Waals surface area contributed by atoms with E-state index in [2.05, 4.69) is 25.8 Å². The van der Waals surface area contributed by atoms with E-state index >= 15 is 0 Å². The van der Waals surface area contributed by atoms with Gasteiger partial charge in [0.15, 0.2) is 0 Å². The van der Waals surface area contributed by atoms with E-state index in [4.69, 9.17) is 11.6 Å². The number of hydrogen-bond acceptors (Lipinski definition) is 4. The van der Waals surface area contributed by atoms with Crippen LogP contribution >= 0.6 is 11.6 Å². The number of carbonyl (C=O) groups is 1. The smallest absolute Gasteiger partial charge is 0.254 e. The molecule has 0 fully saturated rings. The first kappa shape index (κ1) is 14.3. The van der Waals surface area contributed by atoms with E-state index < -0.39 is 0 Å². The van der Waals surface area contributed by atoms with E-state index in [0.717, 1.165) is 12.2 Å². The summed E-state index contributed by atoms with van der Waals surface area (Å²) in [5.41, 5.74) is 1.25. The number of halogens is 1. The lowest BCUT2D eigenvalue weighted by molar-refractivity contribution is 0.0939. The minimum absolute atomic E-state index is 0.215. The fraction of sp³-hybridized carbons (Fsp3) is 0.308. The number of aromatic nitrogens is 3. The fourth-order valence-electron chi connectivity index (χ4n) is 1.82. The molecule has 0 aliphatic carbocycles. The van der Waals surface area contributed by atoms with E-state index in [0.29, 0.717) is 16.4 Å². The molecule has 0 saturated carbocycles. The van der Waals surface area contributed by atoms with Gasteiger partial charge in [-0.15, -0.1) is 0 Å². The van der Waals surface area contributed by atoms with Crippen LogP contribution in [-0.2, 0) is 0 Å². The number of nitrogens with zero attached hydrogens (tertiary/aromatic N) is 2. The molecule has 106 valence electrons. The second-order valence-corrected chi connectivity index (χ2v) is 4.72. The number of hydrogen-bond donors (Lipinski definition) is 3. The third-order valence-electron chi connectivity index (χ3n) is 2.78. The molecule has 1 aromatic heterocycles. The quantitative estimate of drug-likeness (QED) is 0.790. The van der Waals surface area contributed by atoms with Crippen molar-refractivity contribution in [3.05, 3.63) is 40.9 Å². The van der Waals surface area contributed by atoms with Crippen LogP contribution in [0.3, 0.4) is 0 Å². The summed E-state index contributed by atoms with van der Waals surface area (Å²) in [6.07, 6.45) is 1.40. The molecule has 20 heavy (non-hydrogen) atoms. The van der Waals surface area contributed by atoms with Gasteiger partial charge in [0.25, 0.3) is 5.91 Å². The van der Waals surface area contributed by atoms with E-state index in [-0.39, 0.29) is 11.9 Å². The number of benzene rings is 1. The van der Waals surface area contributed by atoms with Gasteiger partial charge in [0.1, 0.15) is 12.2 Å². The largest absolute Gasteiger partial charge is 0.385 e. The van der Waals surface area contributed by atoms with Crippen LogP contribution in [0.25, 0.3) is 0 Å². The molecule has 0 radical (unpaired) electrons. The Labute approximate surface area is 121 Å². The Morgan fingerprint density at radius 2 is 2.30 bits per heavy atom.